The highest BCUT2D eigenvalue weighted by Gasteiger charge is 2.05. The number of pyridine rings is 1. The molecule has 0 spiro atoms. The van der Waals surface area contributed by atoms with Crippen LogP contribution in [0.3, 0.4) is 0 Å². The first-order chi connectivity index (χ1) is 11.2. The summed E-state index contributed by atoms with van der Waals surface area (Å²) in [4.78, 5) is 2.82. The average Bonchev–Trinajstić information content (AvgIpc) is 3.05. The molecule has 2 aromatic heterocycles. The van der Waals surface area contributed by atoms with Gasteiger partial charge in [0.1, 0.15) is 4.64 Å². The van der Waals surface area contributed by atoms with Crippen molar-refractivity contribution in [2.24, 2.45) is 0 Å². The van der Waals surface area contributed by atoms with Gasteiger partial charge in [-0.3, -0.25) is 0 Å². The number of unbranched alkanes of at least 4 members (excludes halogenated alkanes) is 1. The van der Waals surface area contributed by atoms with Crippen LogP contribution in [-0.2, 0) is 12.8 Å². The smallest absolute Gasteiger partial charge is 0.153 e. The van der Waals surface area contributed by atoms with Gasteiger partial charge < -0.3 is 10.1 Å². The van der Waals surface area contributed by atoms with Gasteiger partial charge in [-0.25, -0.2) is 4.68 Å². The maximum atomic E-state index is 9.88. The van der Waals surface area contributed by atoms with E-state index >= 15 is 0 Å². The van der Waals surface area contributed by atoms with E-state index in [0.717, 1.165) is 42.6 Å². The summed E-state index contributed by atoms with van der Waals surface area (Å²) in [6.07, 6.45) is 7.35. The summed E-state index contributed by atoms with van der Waals surface area (Å²) in [5.41, 5.74) is 2.87. The number of aromatic amines is 1. The number of para-hydroxylation sites is 1. The third kappa shape index (κ3) is 3.84. The van der Waals surface area contributed by atoms with Crippen LogP contribution in [0.4, 0.5) is 0 Å². The molecule has 3 aromatic rings. The molecule has 0 amide bonds. The van der Waals surface area contributed by atoms with Crippen molar-refractivity contribution in [1.29, 1.82) is 0 Å². The summed E-state index contributed by atoms with van der Waals surface area (Å²) < 4.78 is 2.19. The lowest BCUT2D eigenvalue weighted by molar-refractivity contribution is 0.461. The van der Waals surface area contributed by atoms with Gasteiger partial charge in [0, 0.05) is 6.20 Å². The lowest BCUT2D eigenvalue weighted by atomic mass is 10.1. The van der Waals surface area contributed by atoms with Crippen LogP contribution in [0.1, 0.15) is 24.1 Å². The lowest BCUT2D eigenvalue weighted by Crippen LogP contribution is -1.93. The minimum atomic E-state index is 0.192. The fourth-order valence-corrected chi connectivity index (χ4v) is 2.65. The van der Waals surface area contributed by atoms with E-state index < -0.39 is 0 Å². The number of aryl methyl sites for hydroxylation is 2. The van der Waals surface area contributed by atoms with Gasteiger partial charge in [-0.15, -0.1) is 5.10 Å². The number of rotatable bonds is 6. The molecule has 0 saturated heterocycles. The predicted octanol–water partition coefficient (Wildman–Crippen LogP) is 3.60. The molecular formula is C17H18N4OS. The number of aromatic nitrogens is 4. The highest BCUT2D eigenvalue weighted by Crippen LogP contribution is 2.19. The molecule has 23 heavy (non-hydrogen) atoms. The van der Waals surface area contributed by atoms with Crippen molar-refractivity contribution in [1.82, 2.24) is 20.0 Å². The van der Waals surface area contributed by atoms with E-state index in [1.54, 1.807) is 10.9 Å². The van der Waals surface area contributed by atoms with E-state index in [-0.39, 0.29) is 5.75 Å². The molecule has 0 bridgehead atoms. The SMILES string of the molecule is Oc1c(CCCCc2cn(-c3ccccc3)nn2)cc[nH]c1=S. The Morgan fingerprint density at radius 1 is 1.09 bits per heavy atom. The number of nitrogens with one attached hydrogen (secondary N) is 1. The van der Waals surface area contributed by atoms with E-state index in [1.807, 2.05) is 42.6 Å². The van der Waals surface area contributed by atoms with Gasteiger partial charge in [0.15, 0.2) is 5.75 Å². The second kappa shape index (κ2) is 7.19. The van der Waals surface area contributed by atoms with Crippen molar-refractivity contribution >= 4 is 12.2 Å². The quantitative estimate of drug-likeness (QED) is 0.536. The number of benzene rings is 1. The Morgan fingerprint density at radius 2 is 1.87 bits per heavy atom. The fraction of sp³-hybridized carbons (Fsp3) is 0.235. The van der Waals surface area contributed by atoms with Crippen LogP contribution in [0.15, 0.2) is 48.8 Å². The van der Waals surface area contributed by atoms with Gasteiger partial charge in [-0.05, 0) is 49.4 Å². The number of nitrogens with zero attached hydrogens (tertiary/aromatic N) is 3. The van der Waals surface area contributed by atoms with E-state index in [9.17, 15) is 5.11 Å². The molecule has 0 fully saturated rings. The third-order valence-corrected chi connectivity index (χ3v) is 4.02. The van der Waals surface area contributed by atoms with Crippen molar-refractivity contribution in [2.45, 2.75) is 25.7 Å². The first kappa shape index (κ1) is 15.4. The van der Waals surface area contributed by atoms with Crippen molar-refractivity contribution < 1.29 is 5.11 Å². The summed E-state index contributed by atoms with van der Waals surface area (Å²) in [5.74, 6) is 0.192. The Labute approximate surface area is 139 Å². The Kier molecular flexibility index (Phi) is 4.83. The Hall–Kier alpha value is -2.47. The number of aromatic hydroxyl groups is 1. The molecule has 2 N–H and O–H groups in total. The molecule has 0 aliphatic heterocycles. The van der Waals surface area contributed by atoms with Crippen LogP contribution in [-0.4, -0.2) is 25.1 Å². The zero-order valence-electron chi connectivity index (χ0n) is 12.6. The standard InChI is InChI=1S/C17H18N4OS/c22-16-13(10-11-18-17(16)23)6-4-5-7-14-12-21(20-19-14)15-8-2-1-3-9-15/h1-3,8-12,22H,4-7H2,(H,18,23). The maximum absolute atomic E-state index is 9.88. The van der Waals surface area contributed by atoms with Crippen molar-refractivity contribution in [3.05, 3.63) is 64.7 Å². The lowest BCUT2D eigenvalue weighted by Gasteiger charge is -2.03. The van der Waals surface area contributed by atoms with Crippen molar-refractivity contribution in [3.8, 4) is 11.4 Å². The van der Waals surface area contributed by atoms with E-state index in [1.165, 1.54) is 0 Å². The minimum Gasteiger partial charge on any atom is -0.505 e. The van der Waals surface area contributed by atoms with E-state index in [2.05, 4.69) is 15.3 Å². The van der Waals surface area contributed by atoms with Gasteiger partial charge in [-0.1, -0.05) is 35.6 Å². The normalized spacial score (nSPS) is 10.8. The summed E-state index contributed by atoms with van der Waals surface area (Å²) in [6, 6.07) is 11.8. The van der Waals surface area contributed by atoms with Crippen molar-refractivity contribution in [3.63, 3.8) is 0 Å². The van der Waals surface area contributed by atoms with Gasteiger partial charge in [0.05, 0.1) is 17.6 Å². The number of hydrogen-bond acceptors (Lipinski definition) is 4. The molecule has 5 nitrogen and oxygen atoms in total. The zero-order valence-corrected chi connectivity index (χ0v) is 13.5. The first-order valence-corrected chi connectivity index (χ1v) is 8.01. The molecule has 0 aliphatic rings. The second-order valence-corrected chi connectivity index (χ2v) is 5.79. The summed E-state index contributed by atoms with van der Waals surface area (Å²) >= 11 is 5.02. The van der Waals surface area contributed by atoms with Crippen molar-refractivity contribution in [2.75, 3.05) is 0 Å². The molecule has 6 heteroatoms. The topological polar surface area (TPSA) is 66.7 Å². The average molecular weight is 326 g/mol. The fourth-order valence-electron chi connectivity index (χ4n) is 2.45. The molecule has 0 unspecified atom stereocenters. The largest absolute Gasteiger partial charge is 0.505 e. The molecule has 0 atom stereocenters. The number of hydrogen-bond donors (Lipinski definition) is 2. The third-order valence-electron chi connectivity index (χ3n) is 3.71. The Bertz CT molecular complexity index is 826. The van der Waals surface area contributed by atoms with E-state index in [0.29, 0.717) is 4.64 Å². The Balaban J connectivity index is 1.53. The molecule has 118 valence electrons. The van der Waals surface area contributed by atoms with Crippen LogP contribution in [0.5, 0.6) is 5.75 Å². The highest BCUT2D eigenvalue weighted by molar-refractivity contribution is 7.71. The summed E-state index contributed by atoms with van der Waals surface area (Å²) in [6.45, 7) is 0. The monoisotopic (exact) mass is 326 g/mol. The van der Waals surface area contributed by atoms with Crippen LogP contribution in [0.2, 0.25) is 0 Å². The molecular weight excluding hydrogens is 308 g/mol. The Morgan fingerprint density at radius 3 is 2.70 bits per heavy atom. The van der Waals surface area contributed by atoms with E-state index in [4.69, 9.17) is 12.2 Å². The van der Waals surface area contributed by atoms with Gasteiger partial charge >= 0.3 is 0 Å². The maximum Gasteiger partial charge on any atom is 0.153 e. The van der Waals surface area contributed by atoms with Gasteiger partial charge in [0.25, 0.3) is 0 Å². The van der Waals surface area contributed by atoms with Gasteiger partial charge in [-0.2, -0.15) is 0 Å². The van der Waals surface area contributed by atoms with Gasteiger partial charge in [0.2, 0.25) is 0 Å². The molecule has 1 aromatic carbocycles. The zero-order chi connectivity index (χ0) is 16.1. The minimum absolute atomic E-state index is 0.192. The highest BCUT2D eigenvalue weighted by atomic mass is 32.1. The van der Waals surface area contributed by atoms with Crippen LogP contribution < -0.4 is 0 Å². The molecule has 0 radical (unpaired) electrons. The molecule has 2 heterocycles. The molecule has 3 rings (SSSR count). The molecule has 0 aliphatic carbocycles. The number of H-pyrrole nitrogens is 1. The van der Waals surface area contributed by atoms with Crippen LogP contribution in [0.25, 0.3) is 5.69 Å². The van der Waals surface area contributed by atoms with Crippen LogP contribution >= 0.6 is 12.2 Å². The summed E-state index contributed by atoms with van der Waals surface area (Å²) in [5, 5.41) is 18.3. The second-order valence-electron chi connectivity index (χ2n) is 5.38. The predicted molar refractivity (Wildman–Crippen MR) is 91.3 cm³/mol. The van der Waals surface area contributed by atoms with Crippen LogP contribution in [0, 0.1) is 4.64 Å². The first-order valence-electron chi connectivity index (χ1n) is 7.60. The molecule has 0 saturated carbocycles. The summed E-state index contributed by atoms with van der Waals surface area (Å²) in [7, 11) is 0.